The molecule has 6 nitrogen and oxygen atoms in total. The molecule has 0 aromatic carbocycles. The Morgan fingerprint density at radius 1 is 1.36 bits per heavy atom. The number of nitrogen functional groups attached to an aromatic ring is 1. The van der Waals surface area contributed by atoms with Crippen molar-refractivity contribution in [3.05, 3.63) is 0 Å². The fourth-order valence-corrected chi connectivity index (χ4v) is 0.748. The average Bonchev–Trinajstić information content (AvgIpc) is 2.37. The van der Waals surface area contributed by atoms with Crippen molar-refractivity contribution in [2.45, 2.75) is 19.4 Å². The second-order valence-corrected chi connectivity index (χ2v) is 2.24. The number of anilines is 1. The molecule has 0 fully saturated rings. The quantitative estimate of drug-likeness (QED) is 0.545. The van der Waals surface area contributed by atoms with E-state index in [1.807, 2.05) is 0 Å². The smallest absolute Gasteiger partial charge is 0.260 e. The zero-order valence-corrected chi connectivity index (χ0v) is 6.27. The molecule has 0 amide bonds. The standard InChI is InChI=1S/C5H12N6/c6-3-1-2-4-11-9-5(7)8-10-11/h1-4,6H2,(H2,7,9). The van der Waals surface area contributed by atoms with Gasteiger partial charge >= 0.3 is 0 Å². The highest BCUT2D eigenvalue weighted by molar-refractivity contribution is 5.06. The maximum atomic E-state index is 5.31. The minimum Gasteiger partial charge on any atom is -0.365 e. The molecule has 0 aliphatic carbocycles. The normalized spacial score (nSPS) is 10.3. The van der Waals surface area contributed by atoms with Gasteiger partial charge in [-0.1, -0.05) is 5.10 Å². The number of aromatic nitrogens is 4. The van der Waals surface area contributed by atoms with E-state index < -0.39 is 0 Å². The van der Waals surface area contributed by atoms with Gasteiger partial charge in [0, 0.05) is 0 Å². The molecule has 1 heterocycles. The topological polar surface area (TPSA) is 95.6 Å². The summed E-state index contributed by atoms with van der Waals surface area (Å²) in [5.74, 6) is 0.220. The highest BCUT2D eigenvalue weighted by Crippen LogP contribution is 1.91. The van der Waals surface area contributed by atoms with Crippen molar-refractivity contribution < 1.29 is 0 Å². The molecule has 0 saturated heterocycles. The molecule has 0 spiro atoms. The monoisotopic (exact) mass is 156 g/mol. The number of hydrogen-bond acceptors (Lipinski definition) is 5. The van der Waals surface area contributed by atoms with Crippen molar-refractivity contribution in [3.8, 4) is 0 Å². The number of nitrogens with two attached hydrogens (primary N) is 2. The van der Waals surface area contributed by atoms with Crippen molar-refractivity contribution in [1.82, 2.24) is 20.2 Å². The summed E-state index contributed by atoms with van der Waals surface area (Å²) < 4.78 is 0. The van der Waals surface area contributed by atoms with Gasteiger partial charge in [0.05, 0.1) is 6.54 Å². The number of aryl methyl sites for hydroxylation is 1. The van der Waals surface area contributed by atoms with Crippen LogP contribution in [0.4, 0.5) is 5.95 Å². The summed E-state index contributed by atoms with van der Waals surface area (Å²) in [6.07, 6.45) is 1.94. The van der Waals surface area contributed by atoms with Gasteiger partial charge in [0.25, 0.3) is 5.95 Å². The molecule has 4 N–H and O–H groups in total. The van der Waals surface area contributed by atoms with Crippen LogP contribution in [0.3, 0.4) is 0 Å². The van der Waals surface area contributed by atoms with Gasteiger partial charge in [-0.3, -0.25) is 0 Å². The van der Waals surface area contributed by atoms with E-state index in [2.05, 4.69) is 15.4 Å². The fourth-order valence-electron chi connectivity index (χ4n) is 0.748. The highest BCUT2D eigenvalue weighted by Gasteiger charge is 1.95. The second kappa shape index (κ2) is 3.87. The third kappa shape index (κ3) is 2.50. The van der Waals surface area contributed by atoms with Crippen LogP contribution in [-0.2, 0) is 6.54 Å². The van der Waals surface area contributed by atoms with E-state index in [4.69, 9.17) is 11.5 Å². The van der Waals surface area contributed by atoms with Crippen LogP contribution in [0.5, 0.6) is 0 Å². The molecule has 11 heavy (non-hydrogen) atoms. The second-order valence-electron chi connectivity index (χ2n) is 2.24. The third-order valence-electron chi connectivity index (χ3n) is 1.28. The molecular weight excluding hydrogens is 144 g/mol. The predicted molar refractivity (Wildman–Crippen MR) is 40.5 cm³/mol. The van der Waals surface area contributed by atoms with E-state index in [9.17, 15) is 0 Å². The summed E-state index contributed by atoms with van der Waals surface area (Å²) in [6, 6.07) is 0. The van der Waals surface area contributed by atoms with E-state index in [0.717, 1.165) is 19.4 Å². The van der Waals surface area contributed by atoms with Crippen molar-refractivity contribution in [3.63, 3.8) is 0 Å². The minimum absolute atomic E-state index is 0.220. The van der Waals surface area contributed by atoms with Crippen LogP contribution in [-0.4, -0.2) is 26.8 Å². The van der Waals surface area contributed by atoms with Crippen LogP contribution in [0.1, 0.15) is 12.8 Å². The van der Waals surface area contributed by atoms with Crippen LogP contribution >= 0.6 is 0 Å². The Hall–Kier alpha value is -1.17. The Labute approximate surface area is 64.6 Å². The molecule has 0 unspecified atom stereocenters. The Morgan fingerprint density at radius 2 is 2.18 bits per heavy atom. The van der Waals surface area contributed by atoms with Gasteiger partial charge in [0.1, 0.15) is 0 Å². The van der Waals surface area contributed by atoms with Gasteiger partial charge in [-0.15, -0.1) is 5.10 Å². The molecule has 1 aromatic heterocycles. The maximum Gasteiger partial charge on any atom is 0.260 e. The van der Waals surface area contributed by atoms with Crippen molar-refractivity contribution >= 4 is 5.95 Å². The largest absolute Gasteiger partial charge is 0.365 e. The molecule has 62 valence electrons. The average molecular weight is 156 g/mol. The summed E-state index contributed by atoms with van der Waals surface area (Å²) in [4.78, 5) is 1.48. The van der Waals surface area contributed by atoms with Crippen LogP contribution in [0.15, 0.2) is 0 Å². The molecule has 0 radical (unpaired) electrons. The van der Waals surface area contributed by atoms with E-state index >= 15 is 0 Å². The summed E-state index contributed by atoms with van der Waals surface area (Å²) in [5.41, 5.74) is 10.6. The van der Waals surface area contributed by atoms with Crippen LogP contribution in [0.2, 0.25) is 0 Å². The van der Waals surface area contributed by atoms with E-state index in [-0.39, 0.29) is 5.95 Å². The first-order valence-corrected chi connectivity index (χ1v) is 3.56. The van der Waals surface area contributed by atoms with Gasteiger partial charge in [-0.05, 0) is 24.6 Å². The molecule has 0 aliphatic rings. The minimum atomic E-state index is 0.220. The lowest BCUT2D eigenvalue weighted by Gasteiger charge is -1.95. The van der Waals surface area contributed by atoms with Gasteiger partial charge < -0.3 is 11.5 Å². The van der Waals surface area contributed by atoms with Crippen LogP contribution < -0.4 is 11.5 Å². The van der Waals surface area contributed by atoms with Crippen LogP contribution in [0, 0.1) is 0 Å². The zero-order valence-electron chi connectivity index (χ0n) is 6.27. The summed E-state index contributed by atoms with van der Waals surface area (Å²) in [5, 5.41) is 11.0. The Balaban J connectivity index is 2.27. The van der Waals surface area contributed by atoms with Gasteiger partial charge in [0.15, 0.2) is 0 Å². The summed E-state index contributed by atoms with van der Waals surface area (Å²) in [7, 11) is 0. The number of nitrogens with zero attached hydrogens (tertiary/aromatic N) is 4. The van der Waals surface area contributed by atoms with Gasteiger partial charge in [-0.2, -0.15) is 4.80 Å². The Bertz CT molecular complexity index is 206. The predicted octanol–water partition coefficient (Wildman–Crippen LogP) is -1.01. The van der Waals surface area contributed by atoms with Crippen molar-refractivity contribution in [2.75, 3.05) is 12.3 Å². The van der Waals surface area contributed by atoms with E-state index in [0.29, 0.717) is 6.54 Å². The first kappa shape index (κ1) is 7.93. The molecule has 1 aromatic rings. The number of tetrazole rings is 1. The van der Waals surface area contributed by atoms with Gasteiger partial charge in [0.2, 0.25) is 0 Å². The van der Waals surface area contributed by atoms with Crippen molar-refractivity contribution in [1.29, 1.82) is 0 Å². The van der Waals surface area contributed by atoms with Crippen molar-refractivity contribution in [2.24, 2.45) is 5.73 Å². The first-order valence-electron chi connectivity index (χ1n) is 3.56. The molecule has 0 saturated carbocycles. The number of unbranched alkanes of at least 4 members (excludes halogenated alkanes) is 1. The Morgan fingerprint density at radius 3 is 2.73 bits per heavy atom. The molecular formula is C5H12N6. The lowest BCUT2D eigenvalue weighted by Crippen LogP contribution is -2.06. The van der Waals surface area contributed by atoms with E-state index in [1.165, 1.54) is 4.80 Å². The summed E-state index contributed by atoms with van der Waals surface area (Å²) in [6.45, 7) is 1.44. The fraction of sp³-hybridized carbons (Fsp3) is 0.800. The summed E-state index contributed by atoms with van der Waals surface area (Å²) >= 11 is 0. The molecule has 0 aliphatic heterocycles. The lowest BCUT2D eigenvalue weighted by atomic mass is 10.3. The maximum absolute atomic E-state index is 5.31. The van der Waals surface area contributed by atoms with E-state index in [1.54, 1.807) is 0 Å². The highest BCUT2D eigenvalue weighted by atomic mass is 15.6. The van der Waals surface area contributed by atoms with Gasteiger partial charge in [-0.25, -0.2) is 0 Å². The lowest BCUT2D eigenvalue weighted by molar-refractivity contribution is 0.491. The zero-order chi connectivity index (χ0) is 8.10. The first-order chi connectivity index (χ1) is 5.33. The molecule has 0 atom stereocenters. The third-order valence-corrected chi connectivity index (χ3v) is 1.28. The number of hydrogen-bond donors (Lipinski definition) is 2. The molecule has 0 bridgehead atoms. The Kier molecular flexibility index (Phi) is 2.79. The van der Waals surface area contributed by atoms with Crippen LogP contribution in [0.25, 0.3) is 0 Å². The molecule has 6 heteroatoms. The molecule has 1 rings (SSSR count). The SMILES string of the molecule is NCCCCn1nnc(N)n1. The number of rotatable bonds is 4.